The molecule has 2 rings (SSSR count). The highest BCUT2D eigenvalue weighted by Gasteiger charge is 2.08. The zero-order chi connectivity index (χ0) is 10.8. The molecule has 5 nitrogen and oxygen atoms in total. The molecule has 1 heterocycles. The van der Waals surface area contributed by atoms with Crippen LogP contribution in [-0.4, -0.2) is 16.0 Å². The molecule has 0 aliphatic carbocycles. The van der Waals surface area contributed by atoms with Crippen molar-refractivity contribution in [1.29, 1.82) is 0 Å². The van der Waals surface area contributed by atoms with Gasteiger partial charge in [-0.05, 0) is 18.2 Å². The molecule has 1 aromatic heterocycles. The van der Waals surface area contributed by atoms with Crippen LogP contribution in [0.15, 0.2) is 30.6 Å². The number of anilines is 1. The van der Waals surface area contributed by atoms with Gasteiger partial charge < -0.3 is 5.73 Å². The highest BCUT2D eigenvalue weighted by Crippen LogP contribution is 2.20. The van der Waals surface area contributed by atoms with Crippen LogP contribution in [0.3, 0.4) is 0 Å². The Hall–Kier alpha value is -1.82. The highest BCUT2D eigenvalue weighted by molar-refractivity contribution is 7.82. The normalized spacial score (nSPS) is 10.2. The minimum atomic E-state index is -0.637. The number of aromatic nitrogens is 2. The number of rotatable bonds is 1. The summed E-state index contributed by atoms with van der Waals surface area (Å²) >= 11 is 3.95. The van der Waals surface area contributed by atoms with E-state index < -0.39 is 6.03 Å². The fourth-order valence-corrected chi connectivity index (χ4v) is 1.34. The van der Waals surface area contributed by atoms with Gasteiger partial charge in [-0.25, -0.2) is 9.10 Å². The molecular weight excluding hydrogens is 212 g/mol. The lowest BCUT2D eigenvalue weighted by atomic mass is 10.2. The average Bonchev–Trinajstić information content (AvgIpc) is 2.27. The molecule has 15 heavy (non-hydrogen) atoms. The Bertz CT molecular complexity index is 516. The van der Waals surface area contributed by atoms with Crippen molar-refractivity contribution in [2.45, 2.75) is 0 Å². The van der Waals surface area contributed by atoms with Crippen LogP contribution in [0.1, 0.15) is 0 Å². The molecule has 0 spiro atoms. The lowest BCUT2D eigenvalue weighted by molar-refractivity contribution is 0.257. The summed E-state index contributed by atoms with van der Waals surface area (Å²) in [5.74, 6) is 0. The van der Waals surface area contributed by atoms with Crippen molar-refractivity contribution in [1.82, 2.24) is 9.97 Å². The predicted octanol–water partition coefficient (Wildman–Crippen LogP) is 1.36. The summed E-state index contributed by atoms with van der Waals surface area (Å²) in [5, 5.41) is 0. The van der Waals surface area contributed by atoms with E-state index in [2.05, 4.69) is 22.8 Å². The molecule has 0 aliphatic heterocycles. The standard InChI is InChI=1S/C9H8N4OS/c10-9(14)13(15)6-1-2-7-8(5-6)12-4-3-11-7/h1-5,15H,(H2,10,14). The maximum absolute atomic E-state index is 10.9. The van der Waals surface area contributed by atoms with Gasteiger partial charge in [0.1, 0.15) is 0 Å². The number of thiol groups is 1. The second-order valence-electron chi connectivity index (χ2n) is 2.88. The molecule has 6 heteroatoms. The molecule has 0 saturated carbocycles. The summed E-state index contributed by atoms with van der Waals surface area (Å²) in [4.78, 5) is 19.1. The van der Waals surface area contributed by atoms with Gasteiger partial charge in [0.05, 0.1) is 16.7 Å². The number of urea groups is 1. The Morgan fingerprint density at radius 2 is 1.93 bits per heavy atom. The summed E-state index contributed by atoms with van der Waals surface area (Å²) in [6.45, 7) is 0. The zero-order valence-corrected chi connectivity index (χ0v) is 8.56. The van der Waals surface area contributed by atoms with Gasteiger partial charge in [-0.1, -0.05) is 12.8 Å². The maximum Gasteiger partial charge on any atom is 0.329 e. The highest BCUT2D eigenvalue weighted by atomic mass is 32.1. The number of hydrogen-bond acceptors (Lipinski definition) is 4. The first-order valence-corrected chi connectivity index (χ1v) is 4.57. The second-order valence-corrected chi connectivity index (χ2v) is 3.28. The van der Waals surface area contributed by atoms with Crippen LogP contribution >= 0.6 is 12.8 Å². The maximum atomic E-state index is 10.9. The van der Waals surface area contributed by atoms with E-state index in [-0.39, 0.29) is 0 Å². The van der Waals surface area contributed by atoms with Crippen LogP contribution in [0.25, 0.3) is 11.0 Å². The lowest BCUT2D eigenvalue weighted by Crippen LogP contribution is -2.27. The molecular formula is C9H8N4OS. The van der Waals surface area contributed by atoms with E-state index in [0.29, 0.717) is 11.2 Å². The number of nitrogens with zero attached hydrogens (tertiary/aromatic N) is 3. The van der Waals surface area contributed by atoms with E-state index in [1.54, 1.807) is 30.6 Å². The summed E-state index contributed by atoms with van der Waals surface area (Å²) in [5.41, 5.74) is 7.10. The van der Waals surface area contributed by atoms with Crippen molar-refractivity contribution in [3.63, 3.8) is 0 Å². The second kappa shape index (κ2) is 3.74. The molecule has 0 atom stereocenters. The average molecular weight is 220 g/mol. The van der Waals surface area contributed by atoms with Gasteiger partial charge in [-0.3, -0.25) is 9.97 Å². The van der Waals surface area contributed by atoms with Gasteiger partial charge >= 0.3 is 6.03 Å². The number of hydrogen-bond donors (Lipinski definition) is 2. The van der Waals surface area contributed by atoms with Gasteiger partial charge in [-0.15, -0.1) is 0 Å². The summed E-state index contributed by atoms with van der Waals surface area (Å²) in [6.07, 6.45) is 3.19. The van der Waals surface area contributed by atoms with Crippen LogP contribution < -0.4 is 10.0 Å². The van der Waals surface area contributed by atoms with Crippen molar-refractivity contribution in [3.8, 4) is 0 Å². The van der Waals surface area contributed by atoms with Crippen LogP contribution in [-0.2, 0) is 0 Å². The smallest absolute Gasteiger partial charge is 0.329 e. The Morgan fingerprint density at radius 3 is 2.60 bits per heavy atom. The van der Waals surface area contributed by atoms with Gasteiger partial charge in [0, 0.05) is 12.4 Å². The van der Waals surface area contributed by atoms with Crippen LogP contribution in [0.2, 0.25) is 0 Å². The van der Waals surface area contributed by atoms with Crippen LogP contribution in [0, 0.1) is 0 Å². The molecule has 0 radical (unpaired) electrons. The Balaban J connectivity index is 2.51. The molecule has 0 fully saturated rings. The summed E-state index contributed by atoms with van der Waals surface area (Å²) in [7, 11) is 0. The number of benzene rings is 1. The fourth-order valence-electron chi connectivity index (χ4n) is 1.21. The minimum Gasteiger partial charge on any atom is -0.350 e. The van der Waals surface area contributed by atoms with Gasteiger partial charge in [0.2, 0.25) is 0 Å². The van der Waals surface area contributed by atoms with Gasteiger partial charge in [0.25, 0.3) is 0 Å². The van der Waals surface area contributed by atoms with E-state index in [0.717, 1.165) is 9.82 Å². The van der Waals surface area contributed by atoms with Crippen molar-refractivity contribution in [2.24, 2.45) is 5.73 Å². The first kappa shape index (κ1) is 9.72. The summed E-state index contributed by atoms with van der Waals surface area (Å²) in [6, 6.07) is 4.51. The largest absolute Gasteiger partial charge is 0.350 e. The molecule has 0 aliphatic rings. The third kappa shape index (κ3) is 1.84. The van der Waals surface area contributed by atoms with E-state index in [4.69, 9.17) is 5.73 Å². The minimum absolute atomic E-state index is 0.568. The van der Waals surface area contributed by atoms with Crippen molar-refractivity contribution in [3.05, 3.63) is 30.6 Å². The molecule has 2 aromatic rings. The number of carbonyl (C=O) groups is 1. The van der Waals surface area contributed by atoms with Crippen molar-refractivity contribution >= 4 is 35.6 Å². The number of fused-ring (bicyclic) bond motifs is 1. The fraction of sp³-hybridized carbons (Fsp3) is 0. The van der Waals surface area contributed by atoms with E-state index in [9.17, 15) is 4.79 Å². The van der Waals surface area contributed by atoms with Crippen molar-refractivity contribution < 1.29 is 4.79 Å². The van der Waals surface area contributed by atoms with E-state index in [1.807, 2.05) is 0 Å². The predicted molar refractivity (Wildman–Crippen MR) is 60.6 cm³/mol. The molecule has 0 bridgehead atoms. The Morgan fingerprint density at radius 1 is 1.27 bits per heavy atom. The van der Waals surface area contributed by atoms with Gasteiger partial charge in [0.15, 0.2) is 0 Å². The Labute approximate surface area is 91.5 Å². The quantitative estimate of drug-likeness (QED) is 0.713. The molecule has 0 saturated heterocycles. The zero-order valence-electron chi connectivity index (χ0n) is 7.66. The first-order chi connectivity index (χ1) is 7.18. The number of amides is 2. The topological polar surface area (TPSA) is 72.1 Å². The number of nitrogens with two attached hydrogens (primary N) is 1. The van der Waals surface area contributed by atoms with Crippen molar-refractivity contribution in [2.75, 3.05) is 4.31 Å². The van der Waals surface area contributed by atoms with E-state index in [1.165, 1.54) is 0 Å². The molecule has 76 valence electrons. The monoisotopic (exact) mass is 220 g/mol. The third-order valence-corrected chi connectivity index (χ3v) is 2.33. The number of carbonyl (C=O) groups excluding carboxylic acids is 1. The molecule has 2 N–H and O–H groups in total. The SMILES string of the molecule is NC(=O)N(S)c1ccc2nccnc2c1. The van der Waals surface area contributed by atoms with Crippen LogP contribution in [0.4, 0.5) is 10.5 Å². The van der Waals surface area contributed by atoms with Gasteiger partial charge in [-0.2, -0.15) is 0 Å². The number of primary amides is 1. The van der Waals surface area contributed by atoms with Crippen LogP contribution in [0.5, 0.6) is 0 Å². The Kier molecular flexibility index (Phi) is 2.42. The summed E-state index contributed by atoms with van der Waals surface area (Å²) < 4.78 is 1.05. The first-order valence-electron chi connectivity index (χ1n) is 4.17. The molecule has 1 aromatic carbocycles. The lowest BCUT2D eigenvalue weighted by Gasteiger charge is -2.12. The molecule has 0 unspecified atom stereocenters. The van der Waals surface area contributed by atoms with E-state index >= 15 is 0 Å². The molecule has 2 amide bonds. The third-order valence-electron chi connectivity index (χ3n) is 1.91.